The lowest BCUT2D eigenvalue weighted by molar-refractivity contribution is -0.126. The van der Waals surface area contributed by atoms with E-state index in [2.05, 4.69) is 53.6 Å². The van der Waals surface area contributed by atoms with E-state index in [1.54, 1.807) is 4.90 Å². The highest BCUT2D eigenvalue weighted by atomic mass is 16.5. The first kappa shape index (κ1) is 47.0. The number of rotatable bonds is 11. The molecule has 0 saturated carbocycles. The number of ether oxygens (including phenoxy) is 1. The maximum Gasteiger partial charge on any atom is 0.319 e. The molecule has 5 saturated heterocycles. The molecule has 15 nitrogen and oxygen atoms in total. The van der Waals surface area contributed by atoms with Gasteiger partial charge in [-0.25, -0.2) is 9.48 Å². The van der Waals surface area contributed by atoms with E-state index in [1.807, 2.05) is 60.7 Å². The normalized spacial score (nSPS) is 23.1. The Kier molecular flexibility index (Phi) is 13.5. The minimum Gasteiger partial charge on any atom is -0.457 e. The van der Waals surface area contributed by atoms with Crippen LogP contribution in [-0.4, -0.2) is 125 Å². The summed E-state index contributed by atoms with van der Waals surface area (Å²) in [6.45, 7) is 13.8. The summed E-state index contributed by atoms with van der Waals surface area (Å²) in [5.74, 6) is 3.99. The first-order valence-corrected chi connectivity index (χ1v) is 26.5. The van der Waals surface area contributed by atoms with Gasteiger partial charge in [-0.1, -0.05) is 24.8 Å². The van der Waals surface area contributed by atoms with Crippen LogP contribution in [0.25, 0.3) is 11.3 Å². The van der Waals surface area contributed by atoms with Crippen LogP contribution in [0.3, 0.4) is 0 Å². The van der Waals surface area contributed by atoms with Crippen molar-refractivity contribution >= 4 is 35.3 Å². The molecule has 7 aliphatic rings. The zero-order valence-corrected chi connectivity index (χ0v) is 41.1. The van der Waals surface area contributed by atoms with Crippen molar-refractivity contribution in [2.75, 3.05) is 75.7 Å². The smallest absolute Gasteiger partial charge is 0.319 e. The largest absolute Gasteiger partial charge is 0.457 e. The Labute approximate surface area is 417 Å². The minimum atomic E-state index is -0.477. The Morgan fingerprint density at radius 3 is 2.08 bits per heavy atom. The van der Waals surface area contributed by atoms with Crippen molar-refractivity contribution in [3.8, 4) is 22.8 Å². The molecule has 5 fully saturated rings. The fourth-order valence-electron chi connectivity index (χ4n) is 13.0. The van der Waals surface area contributed by atoms with Crippen molar-refractivity contribution in [2.24, 2.45) is 29.4 Å². The van der Waals surface area contributed by atoms with Gasteiger partial charge in [-0.05, 0) is 174 Å². The van der Waals surface area contributed by atoms with Crippen LogP contribution in [0.5, 0.6) is 11.5 Å². The summed E-state index contributed by atoms with van der Waals surface area (Å²) in [5.41, 5.74) is 11.5. The molecule has 11 rings (SSSR count). The number of hydrogen-bond acceptors (Lipinski definition) is 9. The van der Waals surface area contributed by atoms with E-state index in [9.17, 15) is 19.2 Å². The third kappa shape index (κ3) is 9.99. The number of nitrogens with two attached hydrogens (primary N) is 1. The quantitative estimate of drug-likeness (QED) is 0.135. The van der Waals surface area contributed by atoms with Crippen molar-refractivity contribution < 1.29 is 23.9 Å². The predicted octanol–water partition coefficient (Wildman–Crippen LogP) is 8.11. The number of fused-ring (bicyclic) bond motifs is 2. The molecule has 1 aromatic heterocycles. The zero-order chi connectivity index (χ0) is 48.6. The third-order valence-electron chi connectivity index (χ3n) is 17.0. The number of carbonyl (C=O) groups is 4. The lowest BCUT2D eigenvalue weighted by atomic mass is 9.82. The van der Waals surface area contributed by atoms with Gasteiger partial charge in [0, 0.05) is 81.4 Å². The maximum atomic E-state index is 13.8. The Bertz CT molecular complexity index is 2600. The fraction of sp³-hybridized carbons (Fsp3) is 0.518. The molecule has 15 heteroatoms. The average Bonchev–Trinajstić information content (AvgIpc) is 3.95. The number of nitrogens with one attached hydrogen (secondary N) is 2. The molecule has 3 aromatic carbocycles. The molecule has 0 bridgehead atoms. The second kappa shape index (κ2) is 20.4. The van der Waals surface area contributed by atoms with Gasteiger partial charge >= 0.3 is 6.03 Å². The third-order valence-corrected chi connectivity index (χ3v) is 17.0. The highest BCUT2D eigenvalue weighted by Gasteiger charge is 2.40. The number of likely N-dealkylation sites (tertiary alicyclic amines) is 3. The first-order valence-electron chi connectivity index (χ1n) is 26.5. The van der Waals surface area contributed by atoms with E-state index in [1.165, 1.54) is 12.1 Å². The van der Waals surface area contributed by atoms with Crippen molar-refractivity contribution in [3.05, 3.63) is 102 Å². The standard InChI is InChI=1S/C56H70N10O5/c1-37-7-14-49(54(68)59-37)65-36-43-34-44(10-13-47(43)55(65)69)62-27-16-38(17-28-62)33-39-18-29-63(30-19-39)56(70)64-31-20-40(21-32-64)35-61-25-22-41(23-26-61)48-15-24-58-53-50(52(57)67)51(60-66(48)53)42-8-11-46(12-9-42)71-45-5-3-2-4-6-45/h2-6,8-13,34,38-41,48-49,58H,1,7,14-33,35-36H2,(H2,57,67)(H,59,68). The first-order chi connectivity index (χ1) is 34.6. The van der Waals surface area contributed by atoms with Gasteiger partial charge in [0.2, 0.25) is 5.91 Å². The monoisotopic (exact) mass is 963 g/mol. The molecule has 2 atom stereocenters. The van der Waals surface area contributed by atoms with Gasteiger partial charge in [0.05, 0.1) is 6.04 Å². The average molecular weight is 963 g/mol. The Hall–Kier alpha value is -6.35. The number of primary amides is 1. The van der Waals surface area contributed by atoms with Crippen LogP contribution < -0.4 is 26.0 Å². The van der Waals surface area contributed by atoms with Crippen molar-refractivity contribution in [1.82, 2.24) is 34.7 Å². The van der Waals surface area contributed by atoms with Crippen LogP contribution in [0.4, 0.5) is 16.3 Å². The van der Waals surface area contributed by atoms with E-state index in [4.69, 9.17) is 15.6 Å². The van der Waals surface area contributed by atoms with E-state index >= 15 is 0 Å². The summed E-state index contributed by atoms with van der Waals surface area (Å²) in [7, 11) is 0. The number of piperidine rings is 5. The number of para-hydroxylation sites is 1. The topological polar surface area (TPSA) is 162 Å². The highest BCUT2D eigenvalue weighted by molar-refractivity contribution is 6.04. The van der Waals surface area contributed by atoms with Crippen molar-refractivity contribution in [2.45, 2.75) is 95.7 Å². The lowest BCUT2D eigenvalue weighted by Crippen LogP contribution is -2.50. The second-order valence-electron chi connectivity index (χ2n) is 21.5. The molecular formula is C56H70N10O5. The van der Waals surface area contributed by atoms with Crippen LogP contribution >= 0.6 is 0 Å². The Morgan fingerprint density at radius 1 is 0.746 bits per heavy atom. The summed E-state index contributed by atoms with van der Waals surface area (Å²) in [6.07, 6.45) is 12.3. The van der Waals surface area contributed by atoms with Gasteiger partial charge in [0.25, 0.3) is 11.8 Å². The van der Waals surface area contributed by atoms with Gasteiger partial charge in [0.1, 0.15) is 34.6 Å². The number of hydrogen-bond donors (Lipinski definition) is 3. The number of amides is 5. The van der Waals surface area contributed by atoms with Crippen LogP contribution in [0, 0.1) is 23.7 Å². The zero-order valence-electron chi connectivity index (χ0n) is 41.1. The predicted molar refractivity (Wildman–Crippen MR) is 274 cm³/mol. The van der Waals surface area contributed by atoms with Crippen LogP contribution in [0.2, 0.25) is 0 Å². The number of anilines is 2. The summed E-state index contributed by atoms with van der Waals surface area (Å²) in [6, 6.07) is 23.6. The molecule has 8 heterocycles. The molecule has 0 spiro atoms. The summed E-state index contributed by atoms with van der Waals surface area (Å²) >= 11 is 0. The van der Waals surface area contributed by atoms with Gasteiger partial charge in [0.15, 0.2) is 0 Å². The molecule has 0 radical (unpaired) electrons. The molecule has 4 aromatic rings. The molecule has 5 amide bonds. The molecule has 0 aliphatic carbocycles. The number of nitrogens with zero attached hydrogens (tertiary/aromatic N) is 7. The van der Waals surface area contributed by atoms with Gasteiger partial charge in [-0.3, -0.25) is 14.4 Å². The summed E-state index contributed by atoms with van der Waals surface area (Å²) < 4.78 is 8.07. The molecule has 2 unspecified atom stereocenters. The highest BCUT2D eigenvalue weighted by Crippen LogP contribution is 2.41. The van der Waals surface area contributed by atoms with E-state index in [-0.39, 0.29) is 23.9 Å². The fourth-order valence-corrected chi connectivity index (χ4v) is 13.0. The van der Waals surface area contributed by atoms with Gasteiger partial charge in [-0.15, -0.1) is 0 Å². The SMILES string of the molecule is C=C1CCC(N2Cc3cc(N4CCC(CC5CCN(C(=O)N6CCC(CN7CCC(C8CCNc9c(C(N)=O)c(-c%10ccc(Oc%11ccccc%11)cc%10)nn98)CC7)CC6)CC5)CC4)ccc3C2=O)C(=O)N1. The van der Waals surface area contributed by atoms with E-state index < -0.39 is 11.9 Å². The van der Waals surface area contributed by atoms with Crippen molar-refractivity contribution in [1.29, 1.82) is 0 Å². The van der Waals surface area contributed by atoms with E-state index in [0.717, 1.165) is 157 Å². The Morgan fingerprint density at radius 2 is 1.41 bits per heavy atom. The number of carbonyl (C=O) groups excluding carboxylic acids is 4. The van der Waals surface area contributed by atoms with Crippen molar-refractivity contribution in [3.63, 3.8) is 0 Å². The molecule has 7 aliphatic heterocycles. The lowest BCUT2D eigenvalue weighted by Gasteiger charge is -2.42. The summed E-state index contributed by atoms with van der Waals surface area (Å²) in [5, 5.41) is 11.4. The number of allylic oxidation sites excluding steroid dienone is 1. The van der Waals surface area contributed by atoms with Crippen LogP contribution in [-0.2, 0) is 11.3 Å². The number of urea groups is 1. The molecule has 374 valence electrons. The molecule has 71 heavy (non-hydrogen) atoms. The number of aromatic nitrogens is 2. The van der Waals surface area contributed by atoms with Gasteiger partial charge in [-0.2, -0.15) is 5.10 Å². The minimum absolute atomic E-state index is 0.0489. The summed E-state index contributed by atoms with van der Waals surface area (Å²) in [4.78, 5) is 63.7. The number of benzene rings is 3. The molecular weight excluding hydrogens is 893 g/mol. The molecule has 4 N–H and O–H groups in total. The van der Waals surface area contributed by atoms with Crippen LogP contribution in [0.15, 0.2) is 85.1 Å². The second-order valence-corrected chi connectivity index (χ2v) is 21.5. The Balaban J connectivity index is 0.597. The van der Waals surface area contributed by atoms with Crippen LogP contribution in [0.1, 0.15) is 109 Å². The van der Waals surface area contributed by atoms with E-state index in [0.29, 0.717) is 60.1 Å². The van der Waals surface area contributed by atoms with Gasteiger partial charge < -0.3 is 45.6 Å². The maximum absolute atomic E-state index is 13.8.